The van der Waals surface area contributed by atoms with Gasteiger partial charge in [0, 0.05) is 17.5 Å². The van der Waals surface area contributed by atoms with Crippen LogP contribution in [0.1, 0.15) is 16.8 Å². The van der Waals surface area contributed by atoms with E-state index < -0.39 is 0 Å². The van der Waals surface area contributed by atoms with Crippen molar-refractivity contribution in [3.63, 3.8) is 0 Å². The quantitative estimate of drug-likeness (QED) is 0.372. The molecule has 0 bridgehead atoms. The minimum absolute atomic E-state index is 0. The van der Waals surface area contributed by atoms with E-state index in [1.807, 2.05) is 62.6 Å². The number of fused-ring (bicyclic) bond motifs is 1. The summed E-state index contributed by atoms with van der Waals surface area (Å²) >= 11 is 0. The summed E-state index contributed by atoms with van der Waals surface area (Å²) in [6, 6.07) is 28.3. The molecular weight excluding hydrogens is 418 g/mol. The minimum Gasteiger partial charge on any atom is -0.352 e. The normalized spacial score (nSPS) is 10.7. The Morgan fingerprint density at radius 3 is 2.19 bits per heavy atom. The van der Waals surface area contributed by atoms with E-state index in [0.29, 0.717) is 12.1 Å². The molecule has 0 saturated carbocycles. The van der Waals surface area contributed by atoms with Crippen LogP contribution in [0.2, 0.25) is 0 Å². The average Bonchev–Trinajstić information content (AvgIpc) is 2.81. The van der Waals surface area contributed by atoms with Crippen LogP contribution < -0.4 is 5.32 Å². The van der Waals surface area contributed by atoms with Gasteiger partial charge in [0.2, 0.25) is 0 Å². The second-order valence-corrected chi connectivity index (χ2v) is 7.93. The summed E-state index contributed by atoms with van der Waals surface area (Å²) in [6.45, 7) is 1.59. The standard InChI is InChI=1S/C27H27N3O.ClH/c1-30(2)18-8-17-28-27(31)24-19-26(29-25-12-7-6-11-23(24)25)22-15-13-21(14-16-22)20-9-4-3-5-10-20;/h3-7,9-16,19H,8,17-18H2,1-2H3,(H,28,31);1H. The van der Waals surface area contributed by atoms with Crippen LogP contribution in [0.3, 0.4) is 0 Å². The van der Waals surface area contributed by atoms with Crippen LogP contribution >= 0.6 is 12.4 Å². The van der Waals surface area contributed by atoms with Crippen molar-refractivity contribution in [3.05, 3.63) is 90.5 Å². The molecule has 5 heteroatoms. The first-order valence-corrected chi connectivity index (χ1v) is 10.6. The second kappa shape index (κ2) is 10.9. The largest absolute Gasteiger partial charge is 0.352 e. The number of benzene rings is 3. The van der Waals surface area contributed by atoms with Gasteiger partial charge in [0.15, 0.2) is 0 Å². The summed E-state index contributed by atoms with van der Waals surface area (Å²) in [5.74, 6) is -0.0560. The highest BCUT2D eigenvalue weighted by molar-refractivity contribution is 6.07. The van der Waals surface area contributed by atoms with E-state index >= 15 is 0 Å². The number of para-hydroxylation sites is 1. The van der Waals surface area contributed by atoms with E-state index in [0.717, 1.165) is 40.7 Å². The number of nitrogens with one attached hydrogen (secondary N) is 1. The van der Waals surface area contributed by atoms with Crippen molar-refractivity contribution in [1.82, 2.24) is 15.2 Å². The number of nitrogens with zero attached hydrogens (tertiary/aromatic N) is 2. The fourth-order valence-corrected chi connectivity index (χ4v) is 3.67. The molecule has 1 amide bonds. The summed E-state index contributed by atoms with van der Waals surface area (Å²) in [5, 5.41) is 3.93. The lowest BCUT2D eigenvalue weighted by Crippen LogP contribution is -2.27. The monoisotopic (exact) mass is 445 g/mol. The molecule has 4 aromatic rings. The number of halogens is 1. The molecule has 0 aliphatic carbocycles. The highest BCUT2D eigenvalue weighted by Crippen LogP contribution is 2.27. The van der Waals surface area contributed by atoms with E-state index in [1.165, 1.54) is 5.56 Å². The molecule has 4 nitrogen and oxygen atoms in total. The van der Waals surface area contributed by atoms with Crippen LogP contribution in [-0.2, 0) is 0 Å². The van der Waals surface area contributed by atoms with Crippen LogP contribution in [0, 0.1) is 0 Å². The molecule has 32 heavy (non-hydrogen) atoms. The summed E-state index contributed by atoms with van der Waals surface area (Å²) in [4.78, 5) is 19.9. The zero-order chi connectivity index (χ0) is 21.6. The number of rotatable bonds is 7. The number of amides is 1. The number of pyridine rings is 1. The van der Waals surface area contributed by atoms with Crippen molar-refractivity contribution in [2.24, 2.45) is 0 Å². The van der Waals surface area contributed by atoms with E-state index in [9.17, 15) is 4.79 Å². The van der Waals surface area contributed by atoms with E-state index in [2.05, 4.69) is 46.6 Å². The van der Waals surface area contributed by atoms with Crippen LogP contribution in [0.5, 0.6) is 0 Å². The smallest absolute Gasteiger partial charge is 0.252 e. The first-order valence-electron chi connectivity index (χ1n) is 10.6. The zero-order valence-corrected chi connectivity index (χ0v) is 19.2. The summed E-state index contributed by atoms with van der Waals surface area (Å²) in [6.07, 6.45) is 0.912. The predicted molar refractivity (Wildman–Crippen MR) is 135 cm³/mol. The van der Waals surface area contributed by atoms with Crippen LogP contribution in [-0.4, -0.2) is 43.0 Å². The fourth-order valence-electron chi connectivity index (χ4n) is 3.67. The van der Waals surface area contributed by atoms with Gasteiger partial charge in [-0.2, -0.15) is 0 Å². The Morgan fingerprint density at radius 1 is 0.844 bits per heavy atom. The van der Waals surface area contributed by atoms with Crippen LogP contribution in [0.4, 0.5) is 0 Å². The van der Waals surface area contributed by atoms with Gasteiger partial charge in [-0.25, -0.2) is 4.98 Å². The minimum atomic E-state index is -0.0560. The molecule has 0 aliphatic rings. The molecule has 0 aliphatic heterocycles. The molecule has 1 aromatic heterocycles. The van der Waals surface area contributed by atoms with Gasteiger partial charge in [-0.1, -0.05) is 72.8 Å². The Hall–Kier alpha value is -3.21. The van der Waals surface area contributed by atoms with E-state index in [4.69, 9.17) is 4.98 Å². The van der Waals surface area contributed by atoms with E-state index in [-0.39, 0.29) is 18.3 Å². The van der Waals surface area contributed by atoms with Gasteiger partial charge in [0.1, 0.15) is 0 Å². The Labute approximate surface area is 195 Å². The van der Waals surface area contributed by atoms with Crippen molar-refractivity contribution < 1.29 is 4.79 Å². The highest BCUT2D eigenvalue weighted by Gasteiger charge is 2.14. The zero-order valence-electron chi connectivity index (χ0n) is 18.4. The Balaban J connectivity index is 0.00000289. The SMILES string of the molecule is CN(C)CCCNC(=O)c1cc(-c2ccc(-c3ccccc3)cc2)nc2ccccc12.Cl. The molecule has 0 atom stereocenters. The Bertz CT molecular complexity index is 1170. The maximum Gasteiger partial charge on any atom is 0.252 e. The lowest BCUT2D eigenvalue weighted by Gasteiger charge is -2.12. The van der Waals surface area contributed by atoms with Gasteiger partial charge in [-0.3, -0.25) is 4.79 Å². The van der Waals surface area contributed by atoms with Gasteiger partial charge in [-0.15, -0.1) is 12.4 Å². The first-order chi connectivity index (χ1) is 15.1. The van der Waals surface area contributed by atoms with E-state index in [1.54, 1.807) is 0 Å². The van der Waals surface area contributed by atoms with Crippen LogP contribution in [0.25, 0.3) is 33.3 Å². The van der Waals surface area contributed by atoms with Gasteiger partial charge < -0.3 is 10.2 Å². The number of aromatic nitrogens is 1. The summed E-state index contributed by atoms with van der Waals surface area (Å²) < 4.78 is 0. The molecule has 164 valence electrons. The molecule has 1 heterocycles. The third-order valence-electron chi connectivity index (χ3n) is 5.32. The van der Waals surface area contributed by atoms with Crippen molar-refractivity contribution in [3.8, 4) is 22.4 Å². The fraction of sp³-hybridized carbons (Fsp3) is 0.185. The van der Waals surface area contributed by atoms with Crippen LogP contribution in [0.15, 0.2) is 84.9 Å². The molecular formula is C27H28ClN3O. The Morgan fingerprint density at radius 2 is 1.47 bits per heavy atom. The van der Waals surface area contributed by atoms with Crippen molar-refractivity contribution >= 4 is 29.2 Å². The van der Waals surface area contributed by atoms with Gasteiger partial charge in [-0.05, 0) is 50.3 Å². The molecule has 0 saturated heterocycles. The third kappa shape index (κ3) is 5.52. The molecule has 0 spiro atoms. The lowest BCUT2D eigenvalue weighted by atomic mass is 10.0. The molecule has 3 aromatic carbocycles. The molecule has 4 rings (SSSR count). The van der Waals surface area contributed by atoms with Gasteiger partial charge >= 0.3 is 0 Å². The Kier molecular flexibility index (Phi) is 7.98. The number of hydrogen-bond donors (Lipinski definition) is 1. The van der Waals surface area contributed by atoms with Gasteiger partial charge in [0.05, 0.1) is 16.8 Å². The second-order valence-electron chi connectivity index (χ2n) is 7.93. The topological polar surface area (TPSA) is 45.2 Å². The maximum absolute atomic E-state index is 13.0. The van der Waals surface area contributed by atoms with Crippen molar-refractivity contribution in [2.75, 3.05) is 27.2 Å². The number of hydrogen-bond acceptors (Lipinski definition) is 3. The maximum atomic E-state index is 13.0. The highest BCUT2D eigenvalue weighted by atomic mass is 35.5. The van der Waals surface area contributed by atoms with Crippen molar-refractivity contribution in [1.29, 1.82) is 0 Å². The summed E-state index contributed by atoms with van der Waals surface area (Å²) in [7, 11) is 4.07. The predicted octanol–water partition coefficient (Wildman–Crippen LogP) is 5.67. The number of carbonyl (C=O) groups is 1. The third-order valence-corrected chi connectivity index (χ3v) is 5.32. The molecule has 0 fully saturated rings. The first kappa shape index (κ1) is 23.5. The number of carbonyl (C=O) groups excluding carboxylic acids is 1. The summed E-state index contributed by atoms with van der Waals surface area (Å²) in [5.41, 5.74) is 5.62. The van der Waals surface area contributed by atoms with Crippen molar-refractivity contribution in [2.45, 2.75) is 6.42 Å². The molecule has 0 unspecified atom stereocenters. The lowest BCUT2D eigenvalue weighted by molar-refractivity contribution is 0.0954. The molecule has 1 N–H and O–H groups in total. The molecule has 0 radical (unpaired) electrons. The average molecular weight is 446 g/mol. The van der Waals surface area contributed by atoms with Gasteiger partial charge in [0.25, 0.3) is 5.91 Å².